The molecular weight excluding hydrogens is 372 g/mol. The van der Waals surface area contributed by atoms with Gasteiger partial charge in [-0.1, -0.05) is 45.7 Å². The average molecular weight is 392 g/mol. The van der Waals surface area contributed by atoms with E-state index in [0.717, 1.165) is 8.95 Å². The molecular formula is C14H20Br2N2O. The molecule has 0 radical (unpaired) electrons. The second-order valence-electron chi connectivity index (χ2n) is 5.14. The smallest absolute Gasteiger partial charge is 0.251 e. The van der Waals surface area contributed by atoms with Gasteiger partial charge in [0.15, 0.2) is 0 Å². The van der Waals surface area contributed by atoms with Crippen LogP contribution in [0.2, 0.25) is 0 Å². The Hall–Kier alpha value is -0.390. The van der Waals surface area contributed by atoms with Gasteiger partial charge < -0.3 is 10.2 Å². The summed E-state index contributed by atoms with van der Waals surface area (Å²) in [7, 11) is 4.07. The molecule has 0 saturated carbocycles. The minimum atomic E-state index is -0.0468. The van der Waals surface area contributed by atoms with E-state index in [2.05, 4.69) is 55.9 Å². The molecule has 1 atom stereocenters. The molecule has 0 fully saturated rings. The summed E-state index contributed by atoms with van der Waals surface area (Å²) in [6.45, 7) is 4.96. The summed E-state index contributed by atoms with van der Waals surface area (Å²) in [5.41, 5.74) is 0.655. The van der Waals surface area contributed by atoms with Crippen LogP contribution < -0.4 is 5.32 Å². The van der Waals surface area contributed by atoms with Crippen molar-refractivity contribution in [2.45, 2.75) is 19.9 Å². The number of halogens is 2. The van der Waals surface area contributed by atoms with Crippen LogP contribution in [0.25, 0.3) is 0 Å². The number of nitrogens with one attached hydrogen (secondary N) is 1. The minimum absolute atomic E-state index is 0.0468. The molecule has 0 aliphatic heterocycles. The third-order valence-electron chi connectivity index (χ3n) is 3.03. The summed E-state index contributed by atoms with van der Waals surface area (Å²) in [4.78, 5) is 14.3. The molecule has 0 heterocycles. The first-order chi connectivity index (χ1) is 8.81. The topological polar surface area (TPSA) is 32.3 Å². The molecule has 0 spiro atoms. The van der Waals surface area contributed by atoms with Crippen molar-refractivity contribution in [2.24, 2.45) is 5.92 Å². The van der Waals surface area contributed by atoms with Crippen LogP contribution in [0.3, 0.4) is 0 Å². The normalized spacial score (nSPS) is 12.8. The number of nitrogens with zero attached hydrogens (tertiary/aromatic N) is 1. The van der Waals surface area contributed by atoms with Crippen molar-refractivity contribution in [3.8, 4) is 0 Å². The second-order valence-corrected chi connectivity index (χ2v) is 6.97. The lowest BCUT2D eigenvalue weighted by Crippen LogP contribution is -2.43. The van der Waals surface area contributed by atoms with Crippen LogP contribution in [-0.2, 0) is 0 Å². The average Bonchev–Trinajstić information content (AvgIpc) is 2.26. The molecule has 1 N–H and O–H groups in total. The summed E-state index contributed by atoms with van der Waals surface area (Å²) >= 11 is 6.78. The van der Waals surface area contributed by atoms with Crippen molar-refractivity contribution >= 4 is 37.8 Å². The highest BCUT2D eigenvalue weighted by molar-refractivity contribution is 9.11. The van der Waals surface area contributed by atoms with Crippen LogP contribution in [0, 0.1) is 5.92 Å². The van der Waals surface area contributed by atoms with E-state index in [1.807, 2.05) is 32.3 Å². The molecule has 106 valence electrons. The second kappa shape index (κ2) is 7.41. The first-order valence-corrected chi connectivity index (χ1v) is 7.80. The van der Waals surface area contributed by atoms with E-state index in [1.165, 1.54) is 0 Å². The molecule has 1 rings (SSSR count). The Labute approximate surface area is 132 Å². The molecule has 1 aromatic rings. The van der Waals surface area contributed by atoms with Crippen LogP contribution in [0.1, 0.15) is 24.2 Å². The van der Waals surface area contributed by atoms with Gasteiger partial charge in [0.25, 0.3) is 5.91 Å². The minimum Gasteiger partial charge on any atom is -0.350 e. The Balaban J connectivity index is 2.69. The van der Waals surface area contributed by atoms with Crippen molar-refractivity contribution in [3.63, 3.8) is 0 Å². The maximum Gasteiger partial charge on any atom is 0.251 e. The number of likely N-dealkylation sites (N-methyl/N-ethyl adjacent to an activating group) is 1. The van der Waals surface area contributed by atoms with Crippen LogP contribution >= 0.6 is 31.9 Å². The lowest BCUT2D eigenvalue weighted by molar-refractivity contribution is 0.0934. The van der Waals surface area contributed by atoms with Crippen molar-refractivity contribution in [1.82, 2.24) is 10.2 Å². The molecule has 1 unspecified atom stereocenters. The van der Waals surface area contributed by atoms with Gasteiger partial charge in [-0.05, 0) is 38.2 Å². The first kappa shape index (κ1) is 16.7. The molecule has 0 aliphatic rings. The molecule has 1 amide bonds. The van der Waals surface area contributed by atoms with Crippen LogP contribution in [-0.4, -0.2) is 37.5 Å². The third-order valence-corrected chi connectivity index (χ3v) is 3.95. The van der Waals surface area contributed by atoms with E-state index in [4.69, 9.17) is 0 Å². The summed E-state index contributed by atoms with van der Waals surface area (Å²) in [5, 5.41) is 2.99. The molecule has 0 saturated heterocycles. The number of carbonyl (C=O) groups excluding carboxylic acids is 1. The number of hydrogen-bond acceptors (Lipinski definition) is 2. The predicted octanol–water partition coefficient (Wildman–Crippen LogP) is 3.53. The first-order valence-electron chi connectivity index (χ1n) is 6.22. The number of hydrogen-bond donors (Lipinski definition) is 1. The van der Waals surface area contributed by atoms with Gasteiger partial charge in [-0.15, -0.1) is 0 Å². The van der Waals surface area contributed by atoms with Crippen molar-refractivity contribution < 1.29 is 4.79 Å². The zero-order chi connectivity index (χ0) is 14.6. The summed E-state index contributed by atoms with van der Waals surface area (Å²) in [5.74, 6) is 0.444. The fraction of sp³-hybridized carbons (Fsp3) is 0.500. The van der Waals surface area contributed by atoms with Crippen LogP contribution in [0.15, 0.2) is 27.1 Å². The van der Waals surface area contributed by atoms with Gasteiger partial charge in [0.2, 0.25) is 0 Å². The lowest BCUT2D eigenvalue weighted by Gasteiger charge is -2.28. The standard InChI is InChI=1S/C14H20Br2N2O/c1-9(2)13(18(3)4)8-17-14(19)10-5-11(15)7-12(16)6-10/h5-7,9,13H,8H2,1-4H3,(H,17,19). The van der Waals surface area contributed by atoms with Gasteiger partial charge in [0.05, 0.1) is 0 Å². The quantitative estimate of drug-likeness (QED) is 0.832. The van der Waals surface area contributed by atoms with E-state index >= 15 is 0 Å². The summed E-state index contributed by atoms with van der Waals surface area (Å²) < 4.78 is 1.78. The number of rotatable bonds is 5. The molecule has 5 heteroatoms. The molecule has 1 aromatic carbocycles. The van der Waals surface area contributed by atoms with Gasteiger partial charge in [-0.25, -0.2) is 0 Å². The number of carbonyl (C=O) groups is 1. The van der Waals surface area contributed by atoms with Gasteiger partial charge in [0, 0.05) is 27.1 Å². The van der Waals surface area contributed by atoms with Crippen LogP contribution in [0.5, 0.6) is 0 Å². The summed E-state index contributed by atoms with van der Waals surface area (Å²) in [6, 6.07) is 5.88. The maximum absolute atomic E-state index is 12.1. The number of amides is 1. The monoisotopic (exact) mass is 390 g/mol. The molecule has 0 bridgehead atoms. The Kier molecular flexibility index (Phi) is 6.50. The van der Waals surface area contributed by atoms with E-state index in [1.54, 1.807) is 0 Å². The largest absolute Gasteiger partial charge is 0.350 e. The highest BCUT2D eigenvalue weighted by atomic mass is 79.9. The van der Waals surface area contributed by atoms with Gasteiger partial charge in [0.1, 0.15) is 0 Å². The maximum atomic E-state index is 12.1. The number of benzene rings is 1. The molecule has 0 aromatic heterocycles. The molecule has 3 nitrogen and oxygen atoms in total. The SMILES string of the molecule is CC(C)C(CNC(=O)c1cc(Br)cc(Br)c1)N(C)C. The van der Waals surface area contributed by atoms with Crippen molar-refractivity contribution in [3.05, 3.63) is 32.7 Å². The van der Waals surface area contributed by atoms with E-state index in [-0.39, 0.29) is 5.91 Å². The predicted molar refractivity (Wildman–Crippen MR) is 86.5 cm³/mol. The Morgan fingerprint density at radius 2 is 1.74 bits per heavy atom. The van der Waals surface area contributed by atoms with Gasteiger partial charge in [-0.3, -0.25) is 4.79 Å². The van der Waals surface area contributed by atoms with Crippen LogP contribution in [0.4, 0.5) is 0 Å². The van der Waals surface area contributed by atoms with E-state index in [9.17, 15) is 4.79 Å². The zero-order valence-corrected chi connectivity index (χ0v) is 14.9. The van der Waals surface area contributed by atoms with Gasteiger partial charge >= 0.3 is 0 Å². The zero-order valence-electron chi connectivity index (χ0n) is 11.7. The molecule has 0 aliphatic carbocycles. The third kappa shape index (κ3) is 5.24. The lowest BCUT2D eigenvalue weighted by atomic mass is 10.0. The summed E-state index contributed by atoms with van der Waals surface area (Å²) in [6.07, 6.45) is 0. The highest BCUT2D eigenvalue weighted by Crippen LogP contribution is 2.20. The molecule has 19 heavy (non-hydrogen) atoms. The van der Waals surface area contributed by atoms with Crippen molar-refractivity contribution in [1.29, 1.82) is 0 Å². The Morgan fingerprint density at radius 1 is 1.21 bits per heavy atom. The fourth-order valence-corrected chi connectivity index (χ4v) is 3.29. The Morgan fingerprint density at radius 3 is 2.16 bits per heavy atom. The van der Waals surface area contributed by atoms with E-state index < -0.39 is 0 Å². The fourth-order valence-electron chi connectivity index (χ4n) is 2.00. The Bertz CT molecular complexity index is 419. The van der Waals surface area contributed by atoms with Crippen molar-refractivity contribution in [2.75, 3.05) is 20.6 Å². The highest BCUT2D eigenvalue weighted by Gasteiger charge is 2.17. The van der Waals surface area contributed by atoms with Gasteiger partial charge in [-0.2, -0.15) is 0 Å². The van der Waals surface area contributed by atoms with E-state index in [0.29, 0.717) is 24.1 Å².